The number of aromatic nitrogens is 6. The molecule has 2 aliphatic heterocycles. The summed E-state index contributed by atoms with van der Waals surface area (Å²) < 4.78 is 67.8. The highest BCUT2D eigenvalue weighted by molar-refractivity contribution is 7.71. The maximum Gasteiger partial charge on any atom is 0.490 e. The van der Waals surface area contributed by atoms with Crippen LogP contribution in [0.2, 0.25) is 0 Å². The van der Waals surface area contributed by atoms with E-state index in [1.165, 1.54) is 21.6 Å². The van der Waals surface area contributed by atoms with Crippen LogP contribution in [0.4, 0.5) is 5.82 Å². The first-order chi connectivity index (χ1) is 19.5. The Morgan fingerprint density at radius 2 is 1.86 bits per heavy atom. The quantitative estimate of drug-likeness (QED) is 0.126. The zero-order chi connectivity index (χ0) is 30.6. The molecular formula is C17H22N7O14P3S. The second-order valence-electron chi connectivity index (χ2n) is 8.82. The largest absolute Gasteiger partial charge is 0.490 e. The van der Waals surface area contributed by atoms with Crippen molar-refractivity contribution in [3.05, 3.63) is 29.1 Å². The number of H-pyrrole nitrogens is 1. The average Bonchev–Trinajstić information content (AvgIpc) is 3.59. The number of aryl methyl sites for hydroxylation is 2. The number of hydrogen-bond donors (Lipinski definition) is 6. The van der Waals surface area contributed by atoms with E-state index in [1.807, 2.05) is 0 Å². The van der Waals surface area contributed by atoms with E-state index in [0.29, 0.717) is 11.3 Å². The first-order valence-corrected chi connectivity index (χ1v) is 16.4. The summed E-state index contributed by atoms with van der Waals surface area (Å²) in [5.41, 5.74) is 0.592. The van der Waals surface area contributed by atoms with E-state index in [-0.39, 0.29) is 16.1 Å². The highest BCUT2D eigenvalue weighted by atomic mass is 32.1. The molecule has 7 atom stereocenters. The number of ether oxygens (including phenoxy) is 3. The Morgan fingerprint density at radius 3 is 2.52 bits per heavy atom. The first-order valence-electron chi connectivity index (χ1n) is 11.5. The molecule has 5 rings (SSSR count). The number of phosphoric acid groups is 3. The predicted molar refractivity (Wildman–Crippen MR) is 137 cm³/mol. The van der Waals surface area contributed by atoms with Crippen LogP contribution in [0, 0.1) is 11.6 Å². The molecule has 3 aromatic heterocycles. The average molecular weight is 673 g/mol. The standard InChI is InChI=1S/C17H22N7O14P3S/c1-7-19-13-10(15(42)20-7)18-6-24(13)16-12-11(35-17(36-12)14(25)21-9-3-4-23(2)22-9)8(34-16)5-33-40(29,30)38-41(31,32)37-39(26,27)28/h3-4,6,8,11-12,16-17H,5H2,1-2H3,(H,29,30)(H,31,32)(H,19,20,42)(H,21,22,25)(H2,26,27,28). The van der Waals surface area contributed by atoms with Crippen molar-refractivity contribution in [1.82, 2.24) is 29.3 Å². The van der Waals surface area contributed by atoms with Gasteiger partial charge in [-0.15, -0.1) is 0 Å². The molecule has 7 unspecified atom stereocenters. The molecule has 2 aliphatic rings. The smallest absolute Gasteiger partial charge is 0.347 e. The van der Waals surface area contributed by atoms with Gasteiger partial charge in [-0.2, -0.15) is 13.7 Å². The molecule has 2 saturated heterocycles. The minimum Gasteiger partial charge on any atom is -0.347 e. The number of amides is 1. The van der Waals surface area contributed by atoms with E-state index in [0.717, 1.165) is 0 Å². The van der Waals surface area contributed by atoms with E-state index >= 15 is 0 Å². The minimum absolute atomic E-state index is 0.207. The number of carbonyl (C=O) groups excluding carboxylic acids is 1. The number of anilines is 1. The third-order valence-electron chi connectivity index (χ3n) is 5.67. The molecule has 0 aromatic carbocycles. The maximum absolute atomic E-state index is 12.9. The van der Waals surface area contributed by atoms with Crippen molar-refractivity contribution < 1.29 is 65.4 Å². The fourth-order valence-corrected chi connectivity index (χ4v) is 7.50. The van der Waals surface area contributed by atoms with E-state index in [4.69, 9.17) is 40.7 Å². The van der Waals surface area contributed by atoms with Crippen LogP contribution in [0.3, 0.4) is 0 Å². The number of nitrogens with one attached hydrogen (secondary N) is 2. The molecule has 2 fully saturated rings. The van der Waals surface area contributed by atoms with Crippen molar-refractivity contribution in [2.45, 2.75) is 37.8 Å². The van der Waals surface area contributed by atoms with Gasteiger partial charge in [0.25, 0.3) is 5.91 Å². The van der Waals surface area contributed by atoms with Crippen LogP contribution in [-0.2, 0) is 52.9 Å². The third kappa shape index (κ3) is 6.93. The zero-order valence-corrected chi connectivity index (χ0v) is 24.7. The Hall–Kier alpha value is -2.26. The van der Waals surface area contributed by atoms with Crippen LogP contribution >= 0.6 is 35.7 Å². The van der Waals surface area contributed by atoms with Crippen molar-refractivity contribution in [2.24, 2.45) is 7.05 Å². The third-order valence-corrected chi connectivity index (χ3v) is 9.77. The second-order valence-corrected chi connectivity index (χ2v) is 13.7. The van der Waals surface area contributed by atoms with Gasteiger partial charge in [0.2, 0.25) is 6.29 Å². The molecule has 230 valence electrons. The van der Waals surface area contributed by atoms with Gasteiger partial charge in [0.1, 0.15) is 34.3 Å². The van der Waals surface area contributed by atoms with Crippen molar-refractivity contribution in [2.75, 3.05) is 11.9 Å². The molecule has 0 bridgehead atoms. The molecule has 0 aliphatic carbocycles. The van der Waals surface area contributed by atoms with Crippen LogP contribution in [0.25, 0.3) is 11.2 Å². The lowest BCUT2D eigenvalue weighted by atomic mass is 10.1. The molecule has 1 amide bonds. The first kappa shape index (κ1) is 31.2. The fraction of sp³-hybridized carbons (Fsp3) is 0.471. The molecule has 5 heterocycles. The second kappa shape index (κ2) is 11.3. The predicted octanol–water partition coefficient (Wildman–Crippen LogP) is 0.520. The zero-order valence-electron chi connectivity index (χ0n) is 21.2. The van der Waals surface area contributed by atoms with Crippen LogP contribution < -0.4 is 5.32 Å². The highest BCUT2D eigenvalue weighted by Gasteiger charge is 2.56. The number of hydrogen-bond acceptors (Lipinski definition) is 14. The van der Waals surface area contributed by atoms with Crippen LogP contribution in [0.5, 0.6) is 0 Å². The number of carbonyl (C=O) groups is 1. The van der Waals surface area contributed by atoms with Crippen molar-refractivity contribution in [1.29, 1.82) is 0 Å². The molecule has 25 heteroatoms. The van der Waals surface area contributed by atoms with Gasteiger partial charge < -0.3 is 44.1 Å². The van der Waals surface area contributed by atoms with Crippen molar-refractivity contribution in [3.8, 4) is 0 Å². The van der Waals surface area contributed by atoms with Gasteiger partial charge in [-0.25, -0.2) is 23.7 Å². The van der Waals surface area contributed by atoms with Gasteiger partial charge in [0, 0.05) is 19.3 Å². The van der Waals surface area contributed by atoms with Gasteiger partial charge >= 0.3 is 23.5 Å². The van der Waals surface area contributed by atoms with E-state index in [1.54, 1.807) is 20.2 Å². The molecule has 6 N–H and O–H groups in total. The lowest BCUT2D eigenvalue weighted by Crippen LogP contribution is -2.34. The van der Waals surface area contributed by atoms with Gasteiger partial charge in [-0.3, -0.25) is 18.6 Å². The van der Waals surface area contributed by atoms with Gasteiger partial charge in [-0.05, 0) is 6.92 Å². The van der Waals surface area contributed by atoms with Gasteiger partial charge in [0.15, 0.2) is 17.7 Å². The number of imidazole rings is 1. The number of phosphoric ester groups is 1. The normalized spacial score (nSPS) is 27.0. The lowest BCUT2D eigenvalue weighted by molar-refractivity contribution is -0.166. The molecule has 0 saturated carbocycles. The maximum atomic E-state index is 12.9. The summed E-state index contributed by atoms with van der Waals surface area (Å²) in [4.78, 5) is 61.1. The summed E-state index contributed by atoms with van der Waals surface area (Å²) >= 11 is 5.30. The summed E-state index contributed by atoms with van der Waals surface area (Å²) in [7, 11) is -15.2. The molecule has 0 radical (unpaired) electrons. The molecular weight excluding hydrogens is 651 g/mol. The number of aromatic amines is 1. The lowest BCUT2D eigenvalue weighted by Gasteiger charge is -2.22. The minimum atomic E-state index is -5.75. The molecule has 3 aromatic rings. The summed E-state index contributed by atoms with van der Waals surface area (Å²) in [6, 6.07) is 1.53. The SMILES string of the molecule is Cc1nc2c(ncn2C2OC(COP(=O)(O)OP(=O)(O)OP(=O)(O)O)C3OC(C(=O)Nc4ccn(C)n4)OC32)c(=S)[nH]1. The van der Waals surface area contributed by atoms with Crippen LogP contribution in [-0.4, -0.2) is 86.0 Å². The van der Waals surface area contributed by atoms with Gasteiger partial charge in [0.05, 0.1) is 12.9 Å². The van der Waals surface area contributed by atoms with Crippen molar-refractivity contribution in [3.63, 3.8) is 0 Å². The van der Waals surface area contributed by atoms with E-state index in [9.17, 15) is 28.3 Å². The Kier molecular flexibility index (Phi) is 8.42. The Morgan fingerprint density at radius 1 is 1.14 bits per heavy atom. The Labute approximate surface area is 239 Å². The summed E-state index contributed by atoms with van der Waals surface area (Å²) in [5.74, 6) is -0.0807. The fourth-order valence-electron chi connectivity index (χ4n) is 4.18. The summed E-state index contributed by atoms with van der Waals surface area (Å²) in [6.45, 7) is 0.794. The molecule has 21 nitrogen and oxygen atoms in total. The van der Waals surface area contributed by atoms with Gasteiger partial charge in [-0.1, -0.05) is 12.2 Å². The Balaban J connectivity index is 1.38. The van der Waals surface area contributed by atoms with E-state index in [2.05, 4.69) is 34.0 Å². The highest BCUT2D eigenvalue weighted by Crippen LogP contribution is 2.66. The number of rotatable bonds is 10. The summed E-state index contributed by atoms with van der Waals surface area (Å²) in [6.07, 6.45) is -3.16. The Bertz CT molecular complexity index is 1720. The molecule has 42 heavy (non-hydrogen) atoms. The number of fused-ring (bicyclic) bond motifs is 2. The van der Waals surface area contributed by atoms with E-state index < -0.39 is 66.8 Å². The summed E-state index contributed by atoms with van der Waals surface area (Å²) in [5, 5.41) is 6.56. The monoisotopic (exact) mass is 673 g/mol. The topological polar surface area (TPSA) is 281 Å². The number of nitrogens with zero attached hydrogens (tertiary/aromatic N) is 5. The van der Waals surface area contributed by atoms with Crippen LogP contribution in [0.1, 0.15) is 12.1 Å². The van der Waals surface area contributed by atoms with Crippen LogP contribution in [0.15, 0.2) is 18.6 Å². The van der Waals surface area contributed by atoms with Crippen molar-refractivity contribution >= 4 is 58.6 Å². The molecule has 0 spiro atoms.